The van der Waals surface area contributed by atoms with Crippen molar-refractivity contribution < 1.29 is 14.3 Å². The predicted molar refractivity (Wildman–Crippen MR) is 152 cm³/mol. The molecule has 0 heterocycles. The minimum Gasteiger partial charge on any atom is -0.434 e. The van der Waals surface area contributed by atoms with Gasteiger partial charge in [0.1, 0.15) is 6.10 Å². The zero-order chi connectivity index (χ0) is 26.6. The topological polar surface area (TPSA) is 35.5 Å². The summed E-state index contributed by atoms with van der Waals surface area (Å²) in [7, 11) is 0. The van der Waals surface area contributed by atoms with Crippen LogP contribution in [0.25, 0.3) is 0 Å². The van der Waals surface area contributed by atoms with E-state index in [0.29, 0.717) is 12.0 Å². The van der Waals surface area contributed by atoms with E-state index in [1.807, 2.05) is 0 Å². The maximum atomic E-state index is 12.3. The molecule has 0 aliphatic heterocycles. The average Bonchev–Trinajstić information content (AvgIpc) is 3.21. The summed E-state index contributed by atoms with van der Waals surface area (Å²) >= 11 is 0. The molecule has 0 bridgehead atoms. The third-order valence-corrected chi connectivity index (χ3v) is 11.5. The number of rotatable bonds is 10. The Labute approximate surface area is 227 Å². The Balaban J connectivity index is 1.34. The second-order valence-corrected chi connectivity index (χ2v) is 14.0. The summed E-state index contributed by atoms with van der Waals surface area (Å²) in [6, 6.07) is 0. The maximum Gasteiger partial charge on any atom is 0.508 e. The summed E-state index contributed by atoms with van der Waals surface area (Å²) in [5.41, 5.74) is 2.38. The van der Waals surface area contributed by atoms with E-state index in [-0.39, 0.29) is 11.5 Å². The number of unbranched alkanes of at least 4 members (excludes halogenated alkanes) is 2. The van der Waals surface area contributed by atoms with Crippen LogP contribution in [-0.2, 0) is 9.47 Å². The van der Waals surface area contributed by atoms with E-state index in [1.54, 1.807) is 5.57 Å². The molecule has 4 aliphatic rings. The van der Waals surface area contributed by atoms with Crippen LogP contribution in [0.1, 0.15) is 125 Å². The first kappa shape index (κ1) is 28.6. The number of carbonyl (C=O) groups is 1. The number of hydrogen-bond acceptors (Lipinski definition) is 3. The van der Waals surface area contributed by atoms with Gasteiger partial charge in [-0.25, -0.2) is 4.79 Å². The van der Waals surface area contributed by atoms with E-state index in [4.69, 9.17) is 15.9 Å². The SMILES string of the molecule is C#CCCCCOC(=O)OC1CC[C@@]2(C)C(=CC[C@H]3[C@@H]4CC[C@H]([C@H](C)CCCC(C)C)[C@@]4(C)CC[C@@H]32)C1. The molecule has 0 aromatic rings. The summed E-state index contributed by atoms with van der Waals surface area (Å²) in [6.07, 6.45) is 23.8. The quantitative estimate of drug-likeness (QED) is 0.127. The Morgan fingerprint density at radius 2 is 1.86 bits per heavy atom. The molecule has 3 nitrogen and oxygen atoms in total. The average molecular weight is 511 g/mol. The fourth-order valence-electron chi connectivity index (χ4n) is 9.41. The highest BCUT2D eigenvalue weighted by Gasteiger charge is 2.59. The van der Waals surface area contributed by atoms with Crippen molar-refractivity contribution in [3.63, 3.8) is 0 Å². The Bertz CT molecular complexity index is 852. The molecule has 0 spiro atoms. The van der Waals surface area contributed by atoms with Crippen molar-refractivity contribution in [3.8, 4) is 12.3 Å². The molecule has 3 saturated carbocycles. The van der Waals surface area contributed by atoms with Gasteiger partial charge in [-0.05, 0) is 104 Å². The van der Waals surface area contributed by atoms with Gasteiger partial charge in [-0.2, -0.15) is 0 Å². The highest BCUT2D eigenvalue weighted by atomic mass is 16.7. The third-order valence-electron chi connectivity index (χ3n) is 11.5. The minimum absolute atomic E-state index is 0.0366. The molecule has 4 rings (SSSR count). The van der Waals surface area contributed by atoms with Crippen molar-refractivity contribution in [3.05, 3.63) is 11.6 Å². The number of carbonyl (C=O) groups excluding carboxylic acids is 1. The van der Waals surface area contributed by atoms with Crippen LogP contribution >= 0.6 is 0 Å². The Hall–Kier alpha value is -1.43. The van der Waals surface area contributed by atoms with E-state index in [9.17, 15) is 4.79 Å². The fraction of sp³-hybridized carbons (Fsp3) is 0.853. The molecule has 4 aliphatic carbocycles. The van der Waals surface area contributed by atoms with Crippen molar-refractivity contribution in [2.45, 2.75) is 131 Å². The van der Waals surface area contributed by atoms with Gasteiger partial charge in [0, 0.05) is 12.8 Å². The van der Waals surface area contributed by atoms with E-state index in [0.717, 1.165) is 74.0 Å². The zero-order valence-electron chi connectivity index (χ0n) is 24.5. The Morgan fingerprint density at radius 1 is 1.05 bits per heavy atom. The summed E-state index contributed by atoms with van der Waals surface area (Å²) in [5, 5.41) is 0. The van der Waals surface area contributed by atoms with Crippen molar-refractivity contribution in [1.29, 1.82) is 0 Å². The second-order valence-electron chi connectivity index (χ2n) is 14.0. The lowest BCUT2D eigenvalue weighted by atomic mass is 9.47. The van der Waals surface area contributed by atoms with Crippen molar-refractivity contribution in [2.75, 3.05) is 6.61 Å². The van der Waals surface area contributed by atoms with Crippen LogP contribution in [0.2, 0.25) is 0 Å². The fourth-order valence-corrected chi connectivity index (χ4v) is 9.41. The number of allylic oxidation sites excluding steroid dienone is 1. The summed E-state index contributed by atoms with van der Waals surface area (Å²) in [4.78, 5) is 12.3. The van der Waals surface area contributed by atoms with Crippen LogP contribution in [0, 0.1) is 58.7 Å². The largest absolute Gasteiger partial charge is 0.508 e. The van der Waals surface area contributed by atoms with Gasteiger partial charge < -0.3 is 9.47 Å². The normalized spacial score (nSPS) is 37.5. The number of ether oxygens (including phenoxy) is 2. The standard InChI is InChI=1S/C34H54O3/c1-7-8-9-10-22-36-32(35)37-27-18-20-33(5)26(23-27)14-15-28-30-17-16-29(25(4)13-11-12-24(2)3)34(30,6)21-19-31(28)33/h1,14,24-25,27-31H,8-13,15-23H2,2-6H3/t25-,27?,28+,29-,30+,31+,33+,34-/m1/s1. The molecule has 0 amide bonds. The molecule has 3 heteroatoms. The molecule has 0 N–H and O–H groups in total. The molecule has 1 unspecified atom stereocenters. The Kier molecular flexibility index (Phi) is 9.40. The van der Waals surface area contributed by atoms with Crippen LogP contribution in [0.15, 0.2) is 11.6 Å². The number of hydrogen-bond donors (Lipinski definition) is 0. The smallest absolute Gasteiger partial charge is 0.434 e. The van der Waals surface area contributed by atoms with Crippen LogP contribution in [0.3, 0.4) is 0 Å². The highest BCUT2D eigenvalue weighted by molar-refractivity contribution is 5.60. The van der Waals surface area contributed by atoms with Gasteiger partial charge in [0.15, 0.2) is 0 Å². The molecule has 0 saturated heterocycles. The van der Waals surface area contributed by atoms with Gasteiger partial charge in [0.25, 0.3) is 0 Å². The predicted octanol–water partition coefficient (Wildman–Crippen LogP) is 9.35. The van der Waals surface area contributed by atoms with Crippen molar-refractivity contribution >= 4 is 6.16 Å². The van der Waals surface area contributed by atoms with Crippen LogP contribution in [0.4, 0.5) is 4.79 Å². The van der Waals surface area contributed by atoms with Crippen LogP contribution < -0.4 is 0 Å². The van der Waals surface area contributed by atoms with Gasteiger partial charge >= 0.3 is 6.16 Å². The molecule has 3 fully saturated rings. The van der Waals surface area contributed by atoms with E-state index >= 15 is 0 Å². The molecule has 8 atom stereocenters. The van der Waals surface area contributed by atoms with Gasteiger partial charge in [-0.3, -0.25) is 0 Å². The van der Waals surface area contributed by atoms with E-state index in [2.05, 4.69) is 46.6 Å². The summed E-state index contributed by atoms with van der Waals surface area (Å²) < 4.78 is 11.1. The first-order valence-corrected chi connectivity index (χ1v) is 15.7. The van der Waals surface area contributed by atoms with Crippen molar-refractivity contribution in [1.82, 2.24) is 0 Å². The lowest BCUT2D eigenvalue weighted by Crippen LogP contribution is -2.51. The first-order chi connectivity index (χ1) is 17.7. The van der Waals surface area contributed by atoms with Crippen molar-refractivity contribution in [2.24, 2.45) is 46.3 Å². The van der Waals surface area contributed by atoms with Crippen LogP contribution in [-0.4, -0.2) is 18.9 Å². The lowest BCUT2D eigenvalue weighted by molar-refractivity contribution is -0.0617. The molecule has 0 aromatic carbocycles. The number of fused-ring (bicyclic) bond motifs is 5. The van der Waals surface area contributed by atoms with Gasteiger partial charge in [0.2, 0.25) is 0 Å². The van der Waals surface area contributed by atoms with Gasteiger partial charge in [0.05, 0.1) is 6.61 Å². The molecule has 0 aromatic heterocycles. The van der Waals surface area contributed by atoms with Gasteiger partial charge in [-0.15, -0.1) is 12.3 Å². The molecular formula is C34H54O3. The van der Waals surface area contributed by atoms with E-state index in [1.165, 1.54) is 51.4 Å². The lowest BCUT2D eigenvalue weighted by Gasteiger charge is -2.58. The first-order valence-electron chi connectivity index (χ1n) is 15.7. The maximum absolute atomic E-state index is 12.3. The molecular weight excluding hydrogens is 456 g/mol. The van der Waals surface area contributed by atoms with E-state index < -0.39 is 6.16 Å². The highest BCUT2D eigenvalue weighted by Crippen LogP contribution is 2.67. The Morgan fingerprint density at radius 3 is 2.62 bits per heavy atom. The summed E-state index contributed by atoms with van der Waals surface area (Å²) in [5.74, 6) is 7.74. The molecule has 208 valence electrons. The van der Waals surface area contributed by atoms with Gasteiger partial charge in [-0.1, -0.05) is 65.5 Å². The molecule has 37 heavy (non-hydrogen) atoms. The monoisotopic (exact) mass is 510 g/mol. The minimum atomic E-state index is -0.503. The molecule has 0 radical (unpaired) electrons. The zero-order valence-corrected chi connectivity index (χ0v) is 24.5. The second kappa shape index (κ2) is 12.2. The third kappa shape index (κ3) is 6.09. The summed E-state index contributed by atoms with van der Waals surface area (Å²) in [6.45, 7) is 12.9. The van der Waals surface area contributed by atoms with Crippen LogP contribution in [0.5, 0.6) is 0 Å². The number of terminal acetylenes is 1.